The molecule has 32 heavy (non-hydrogen) atoms. The first kappa shape index (κ1) is 20.1. The maximum absolute atomic E-state index is 13.2. The topological polar surface area (TPSA) is 89.0 Å². The molecule has 5 rings (SSSR count). The van der Waals surface area contributed by atoms with Gasteiger partial charge in [0.05, 0.1) is 11.6 Å². The Morgan fingerprint density at radius 1 is 1.12 bits per heavy atom. The first-order chi connectivity index (χ1) is 15.5. The number of ketones is 1. The number of hydrogen-bond donors (Lipinski definition) is 1. The third-order valence-electron chi connectivity index (χ3n) is 5.59. The van der Waals surface area contributed by atoms with Gasteiger partial charge in [-0.05, 0) is 54.4 Å². The van der Waals surface area contributed by atoms with Crippen LogP contribution in [0.1, 0.15) is 22.7 Å². The predicted octanol–water partition coefficient (Wildman–Crippen LogP) is 4.40. The Bertz CT molecular complexity index is 1290. The number of aliphatic hydroxyl groups excluding tert-OH is 1. The number of rotatable bonds is 3. The summed E-state index contributed by atoms with van der Waals surface area (Å²) in [5.41, 5.74) is 2.00. The first-order valence-corrected chi connectivity index (χ1v) is 10.2. The Hall–Kier alpha value is -3.84. The van der Waals surface area contributed by atoms with E-state index >= 15 is 0 Å². The molecule has 8 heteroatoms. The van der Waals surface area contributed by atoms with Crippen LogP contribution in [0, 0.1) is 6.92 Å². The van der Waals surface area contributed by atoms with Gasteiger partial charge in [0.1, 0.15) is 5.76 Å². The Balaban J connectivity index is 1.73. The fourth-order valence-electron chi connectivity index (χ4n) is 3.99. The van der Waals surface area contributed by atoms with E-state index in [1.807, 2.05) is 0 Å². The number of carbonyl (C=O) groups is 2. The molecule has 0 saturated carbocycles. The maximum atomic E-state index is 13.2. The minimum atomic E-state index is -0.883. The number of halogens is 1. The first-order valence-electron chi connectivity index (χ1n) is 9.83. The monoisotopic (exact) mass is 448 g/mol. The van der Waals surface area contributed by atoms with Crippen LogP contribution in [-0.2, 0) is 9.59 Å². The summed E-state index contributed by atoms with van der Waals surface area (Å²) in [5.74, 6) is -0.871. The van der Waals surface area contributed by atoms with Gasteiger partial charge in [-0.15, -0.1) is 0 Å². The smallest absolute Gasteiger partial charge is 0.300 e. The summed E-state index contributed by atoms with van der Waals surface area (Å²) < 4.78 is 10.7. The number of benzene rings is 2. The summed E-state index contributed by atoms with van der Waals surface area (Å²) in [6.45, 7) is 1.85. The van der Waals surface area contributed by atoms with E-state index in [1.54, 1.807) is 67.8 Å². The maximum Gasteiger partial charge on any atom is 0.300 e. The average molecular weight is 449 g/mol. The molecule has 2 aliphatic heterocycles. The lowest BCUT2D eigenvalue weighted by molar-refractivity contribution is -0.132. The molecule has 0 bridgehead atoms. The molecule has 1 N–H and O–H groups in total. The predicted molar refractivity (Wildman–Crippen MR) is 118 cm³/mol. The fourth-order valence-corrected chi connectivity index (χ4v) is 4.16. The number of hydrogen-bond acceptors (Lipinski definition) is 6. The standard InChI is InChI=1S/C24H17ClN2O5/c1-13-16(25)5-2-6-17(13)27-21(15-4-3-9-26-11-15)20(23(29)24(27)30)22(28)14-7-8-18-19(10-14)32-12-31-18/h2-11,21,28H,12H2,1H3/b22-20-. The quantitative estimate of drug-likeness (QED) is 0.363. The van der Waals surface area contributed by atoms with E-state index in [-0.39, 0.29) is 18.1 Å². The highest BCUT2D eigenvalue weighted by molar-refractivity contribution is 6.52. The Labute approximate surface area is 188 Å². The van der Waals surface area contributed by atoms with Crippen molar-refractivity contribution in [1.29, 1.82) is 0 Å². The van der Waals surface area contributed by atoms with E-state index in [0.29, 0.717) is 38.9 Å². The number of fused-ring (bicyclic) bond motifs is 1. The van der Waals surface area contributed by atoms with Crippen LogP contribution in [0.3, 0.4) is 0 Å². The van der Waals surface area contributed by atoms with Gasteiger partial charge in [0, 0.05) is 28.7 Å². The van der Waals surface area contributed by atoms with Crippen molar-refractivity contribution in [3.63, 3.8) is 0 Å². The van der Waals surface area contributed by atoms with Gasteiger partial charge >= 0.3 is 0 Å². The second kappa shape index (κ2) is 7.69. The molecule has 3 heterocycles. The molecule has 2 aromatic carbocycles. The van der Waals surface area contributed by atoms with Crippen LogP contribution in [0.2, 0.25) is 5.02 Å². The van der Waals surface area contributed by atoms with E-state index in [2.05, 4.69) is 4.98 Å². The van der Waals surface area contributed by atoms with E-state index in [9.17, 15) is 14.7 Å². The number of Topliss-reactive ketones (excluding diaryl/α,β-unsaturated/α-hetero) is 1. The summed E-state index contributed by atoms with van der Waals surface area (Å²) in [7, 11) is 0. The van der Waals surface area contributed by atoms with Crippen molar-refractivity contribution in [2.75, 3.05) is 11.7 Å². The van der Waals surface area contributed by atoms with E-state index in [4.69, 9.17) is 21.1 Å². The number of aliphatic hydroxyl groups is 1. The lowest BCUT2D eigenvalue weighted by Gasteiger charge is -2.26. The molecule has 1 unspecified atom stereocenters. The minimum Gasteiger partial charge on any atom is -0.507 e. The summed E-state index contributed by atoms with van der Waals surface area (Å²) >= 11 is 6.30. The molecule has 1 saturated heterocycles. The molecular formula is C24H17ClN2O5. The number of nitrogens with zero attached hydrogens (tertiary/aromatic N) is 2. The Kier molecular flexibility index (Phi) is 4.83. The lowest BCUT2D eigenvalue weighted by Crippen LogP contribution is -2.30. The van der Waals surface area contributed by atoms with Crippen LogP contribution < -0.4 is 14.4 Å². The molecule has 1 fully saturated rings. The summed E-state index contributed by atoms with van der Waals surface area (Å²) in [4.78, 5) is 31.9. The zero-order valence-electron chi connectivity index (χ0n) is 16.9. The molecule has 1 amide bonds. The van der Waals surface area contributed by atoms with Gasteiger partial charge in [0.15, 0.2) is 11.5 Å². The zero-order chi connectivity index (χ0) is 22.4. The van der Waals surface area contributed by atoms with Crippen LogP contribution in [0.25, 0.3) is 5.76 Å². The van der Waals surface area contributed by atoms with Gasteiger partial charge in [-0.25, -0.2) is 0 Å². The van der Waals surface area contributed by atoms with Crippen LogP contribution in [-0.4, -0.2) is 28.6 Å². The van der Waals surface area contributed by atoms with Crippen molar-refractivity contribution in [2.45, 2.75) is 13.0 Å². The molecule has 0 aliphatic carbocycles. The minimum absolute atomic E-state index is 0.0405. The third kappa shape index (κ3) is 3.09. The summed E-state index contributed by atoms with van der Waals surface area (Å²) in [6, 6.07) is 12.6. The normalized spacial score (nSPS) is 18.9. The Morgan fingerprint density at radius 3 is 2.72 bits per heavy atom. The van der Waals surface area contributed by atoms with Gasteiger partial charge in [-0.1, -0.05) is 23.7 Å². The molecule has 0 spiro atoms. The van der Waals surface area contributed by atoms with E-state index in [1.165, 1.54) is 4.90 Å². The zero-order valence-corrected chi connectivity index (χ0v) is 17.7. The Morgan fingerprint density at radius 2 is 1.94 bits per heavy atom. The summed E-state index contributed by atoms with van der Waals surface area (Å²) in [6.07, 6.45) is 3.16. The van der Waals surface area contributed by atoms with Crippen molar-refractivity contribution in [3.05, 3.63) is 88.2 Å². The molecule has 0 radical (unpaired) electrons. The second-order valence-corrected chi connectivity index (χ2v) is 7.81. The van der Waals surface area contributed by atoms with Gasteiger partial charge in [0.25, 0.3) is 11.7 Å². The second-order valence-electron chi connectivity index (χ2n) is 7.41. The van der Waals surface area contributed by atoms with Gasteiger partial charge in [-0.2, -0.15) is 0 Å². The molecule has 160 valence electrons. The van der Waals surface area contributed by atoms with Crippen molar-refractivity contribution in [2.24, 2.45) is 0 Å². The van der Waals surface area contributed by atoms with Crippen LogP contribution in [0.5, 0.6) is 11.5 Å². The highest BCUT2D eigenvalue weighted by Crippen LogP contribution is 2.44. The van der Waals surface area contributed by atoms with Gasteiger partial charge in [-0.3, -0.25) is 19.5 Å². The molecule has 1 aromatic heterocycles. The summed E-state index contributed by atoms with van der Waals surface area (Å²) in [5, 5.41) is 11.7. The van der Waals surface area contributed by atoms with Crippen LogP contribution in [0.15, 0.2) is 66.5 Å². The van der Waals surface area contributed by atoms with Gasteiger partial charge < -0.3 is 14.6 Å². The van der Waals surface area contributed by atoms with Crippen molar-refractivity contribution < 1.29 is 24.2 Å². The number of anilines is 1. The average Bonchev–Trinajstić information content (AvgIpc) is 3.38. The number of carbonyl (C=O) groups excluding carboxylic acids is 2. The van der Waals surface area contributed by atoms with E-state index < -0.39 is 17.7 Å². The highest BCUT2D eigenvalue weighted by atomic mass is 35.5. The fraction of sp³-hybridized carbons (Fsp3) is 0.125. The van der Waals surface area contributed by atoms with Gasteiger partial charge in [0.2, 0.25) is 6.79 Å². The van der Waals surface area contributed by atoms with Crippen LogP contribution in [0.4, 0.5) is 5.69 Å². The molecule has 2 aliphatic rings. The molecule has 7 nitrogen and oxygen atoms in total. The van der Waals surface area contributed by atoms with E-state index in [0.717, 1.165) is 0 Å². The third-order valence-corrected chi connectivity index (χ3v) is 6.00. The largest absolute Gasteiger partial charge is 0.507 e. The molecule has 1 atom stereocenters. The van der Waals surface area contributed by atoms with Crippen LogP contribution >= 0.6 is 11.6 Å². The van der Waals surface area contributed by atoms with Crippen molar-refractivity contribution in [1.82, 2.24) is 4.98 Å². The number of pyridine rings is 1. The SMILES string of the molecule is Cc1c(Cl)cccc1N1C(=O)C(=O)/C(=C(\O)c2ccc3c(c2)OCO3)C1c1cccnc1. The molecule has 3 aromatic rings. The molecular weight excluding hydrogens is 432 g/mol. The van der Waals surface area contributed by atoms with Crippen molar-refractivity contribution >= 4 is 34.7 Å². The van der Waals surface area contributed by atoms with Crippen molar-refractivity contribution in [3.8, 4) is 11.5 Å². The highest BCUT2D eigenvalue weighted by Gasteiger charge is 2.47. The lowest BCUT2D eigenvalue weighted by atomic mass is 9.96. The number of aromatic nitrogens is 1. The number of ether oxygens (including phenoxy) is 2. The number of amides is 1.